The van der Waals surface area contributed by atoms with Gasteiger partial charge in [-0.1, -0.05) is 30.3 Å². The summed E-state index contributed by atoms with van der Waals surface area (Å²) in [7, 11) is 0. The summed E-state index contributed by atoms with van der Waals surface area (Å²) in [5.74, 6) is -1.07. The lowest BCUT2D eigenvalue weighted by Crippen LogP contribution is -2.29. The van der Waals surface area contributed by atoms with E-state index < -0.39 is 5.97 Å². The van der Waals surface area contributed by atoms with Gasteiger partial charge in [0.25, 0.3) is 5.91 Å². The quantitative estimate of drug-likeness (QED) is 0.788. The minimum absolute atomic E-state index is 0.0319. The number of carbonyl (C=O) groups is 3. The van der Waals surface area contributed by atoms with Crippen molar-refractivity contribution in [2.75, 3.05) is 11.4 Å². The third kappa shape index (κ3) is 4.73. The van der Waals surface area contributed by atoms with Gasteiger partial charge >= 0.3 is 5.97 Å². The van der Waals surface area contributed by atoms with E-state index in [0.29, 0.717) is 24.9 Å². The summed E-state index contributed by atoms with van der Waals surface area (Å²) in [6, 6.07) is 15.9. The van der Waals surface area contributed by atoms with E-state index in [2.05, 4.69) is 5.32 Å². The number of amides is 2. The van der Waals surface area contributed by atoms with Gasteiger partial charge in [0.2, 0.25) is 5.91 Å². The first-order valence-electron chi connectivity index (χ1n) is 9.02. The molecule has 2 amide bonds. The number of hydrogen-bond donors (Lipinski definition) is 2. The second-order valence-electron chi connectivity index (χ2n) is 6.56. The molecule has 6 nitrogen and oxygen atoms in total. The molecule has 2 aromatic carbocycles. The van der Waals surface area contributed by atoms with Crippen molar-refractivity contribution in [2.45, 2.75) is 31.7 Å². The average Bonchev–Trinajstić information content (AvgIpc) is 3.11. The summed E-state index contributed by atoms with van der Waals surface area (Å²) in [6.45, 7) is 0.704. The van der Waals surface area contributed by atoms with Crippen LogP contribution < -0.4 is 10.2 Å². The monoisotopic (exact) mass is 366 g/mol. The molecule has 1 unspecified atom stereocenters. The Morgan fingerprint density at radius 1 is 1.07 bits per heavy atom. The van der Waals surface area contributed by atoms with Crippen LogP contribution in [0.25, 0.3) is 0 Å². The van der Waals surface area contributed by atoms with Crippen LogP contribution in [0.3, 0.4) is 0 Å². The molecule has 1 heterocycles. The van der Waals surface area contributed by atoms with Crippen molar-refractivity contribution in [1.29, 1.82) is 0 Å². The van der Waals surface area contributed by atoms with Gasteiger partial charge in [-0.2, -0.15) is 0 Å². The number of benzene rings is 2. The highest BCUT2D eigenvalue weighted by Crippen LogP contribution is 2.23. The van der Waals surface area contributed by atoms with Crippen molar-refractivity contribution in [3.05, 3.63) is 65.7 Å². The maximum Gasteiger partial charge on any atom is 0.303 e. The van der Waals surface area contributed by atoms with Crippen molar-refractivity contribution in [1.82, 2.24) is 5.32 Å². The molecule has 140 valence electrons. The third-order valence-corrected chi connectivity index (χ3v) is 4.67. The summed E-state index contributed by atoms with van der Waals surface area (Å²) in [5, 5.41) is 11.9. The van der Waals surface area contributed by atoms with Crippen LogP contribution in [0.5, 0.6) is 0 Å². The van der Waals surface area contributed by atoms with Gasteiger partial charge in [0, 0.05) is 30.6 Å². The highest BCUT2D eigenvalue weighted by Gasteiger charge is 2.22. The molecule has 2 N–H and O–H groups in total. The maximum absolute atomic E-state index is 12.6. The molecule has 0 saturated carbocycles. The number of aliphatic carboxylic acids is 1. The van der Waals surface area contributed by atoms with Gasteiger partial charge in [0.1, 0.15) is 0 Å². The summed E-state index contributed by atoms with van der Waals surface area (Å²) >= 11 is 0. The molecule has 0 aliphatic carbocycles. The largest absolute Gasteiger partial charge is 0.481 e. The molecular weight excluding hydrogens is 344 g/mol. The number of carboxylic acids is 1. The number of anilines is 1. The van der Waals surface area contributed by atoms with Crippen molar-refractivity contribution in [3.8, 4) is 0 Å². The molecule has 1 fully saturated rings. The molecule has 0 radical (unpaired) electrons. The molecule has 1 aliphatic heterocycles. The molecule has 0 aromatic heterocycles. The second kappa shape index (κ2) is 8.49. The topological polar surface area (TPSA) is 86.7 Å². The number of carbonyl (C=O) groups excluding carboxylic acids is 2. The fraction of sp³-hybridized carbons (Fsp3) is 0.286. The SMILES string of the molecule is O=C(O)CCC(NC(=O)c1ccc(N2CCCC2=O)cc1)c1ccccc1. The lowest BCUT2D eigenvalue weighted by Gasteiger charge is -2.19. The smallest absolute Gasteiger partial charge is 0.303 e. The third-order valence-electron chi connectivity index (χ3n) is 4.67. The van der Waals surface area contributed by atoms with E-state index in [1.54, 1.807) is 29.2 Å². The molecule has 27 heavy (non-hydrogen) atoms. The van der Waals surface area contributed by atoms with E-state index in [1.165, 1.54) is 0 Å². The van der Waals surface area contributed by atoms with Gasteiger partial charge in [0.15, 0.2) is 0 Å². The van der Waals surface area contributed by atoms with Crippen LogP contribution in [0.4, 0.5) is 5.69 Å². The van der Waals surface area contributed by atoms with Crippen LogP contribution in [0.2, 0.25) is 0 Å². The first-order chi connectivity index (χ1) is 13.0. The van der Waals surface area contributed by atoms with Crippen molar-refractivity contribution in [2.24, 2.45) is 0 Å². The predicted octanol–water partition coefficient (Wildman–Crippen LogP) is 3.15. The zero-order valence-electron chi connectivity index (χ0n) is 14.9. The lowest BCUT2D eigenvalue weighted by atomic mass is 10.0. The fourth-order valence-electron chi connectivity index (χ4n) is 3.23. The van der Waals surface area contributed by atoms with E-state index in [-0.39, 0.29) is 24.3 Å². The summed E-state index contributed by atoms with van der Waals surface area (Å²) in [5.41, 5.74) is 2.13. The zero-order chi connectivity index (χ0) is 19.2. The predicted molar refractivity (Wildman–Crippen MR) is 102 cm³/mol. The van der Waals surface area contributed by atoms with Gasteiger partial charge < -0.3 is 15.3 Å². The highest BCUT2D eigenvalue weighted by atomic mass is 16.4. The minimum Gasteiger partial charge on any atom is -0.481 e. The Kier molecular flexibility index (Phi) is 5.86. The molecule has 3 rings (SSSR count). The van der Waals surface area contributed by atoms with Crippen molar-refractivity contribution >= 4 is 23.5 Å². The minimum atomic E-state index is -0.898. The van der Waals surface area contributed by atoms with E-state index in [0.717, 1.165) is 17.7 Å². The molecule has 2 aromatic rings. The van der Waals surface area contributed by atoms with E-state index in [1.807, 2.05) is 30.3 Å². The van der Waals surface area contributed by atoms with E-state index >= 15 is 0 Å². The van der Waals surface area contributed by atoms with Crippen LogP contribution in [0.1, 0.15) is 47.6 Å². The van der Waals surface area contributed by atoms with Crippen LogP contribution >= 0.6 is 0 Å². The highest BCUT2D eigenvalue weighted by molar-refractivity contribution is 5.97. The fourth-order valence-corrected chi connectivity index (χ4v) is 3.23. The van der Waals surface area contributed by atoms with Gasteiger partial charge in [-0.05, 0) is 42.7 Å². The standard InChI is InChI=1S/C21H22N2O4/c24-19-7-4-14-23(19)17-10-8-16(9-11-17)21(27)22-18(12-13-20(25)26)15-5-2-1-3-6-15/h1-3,5-6,8-11,18H,4,7,12-14H2,(H,22,27)(H,25,26). The Morgan fingerprint density at radius 3 is 2.37 bits per heavy atom. The number of rotatable bonds is 7. The summed E-state index contributed by atoms with van der Waals surface area (Å²) in [4.78, 5) is 37.1. The molecule has 1 atom stereocenters. The average molecular weight is 366 g/mol. The Balaban J connectivity index is 1.71. The van der Waals surface area contributed by atoms with Gasteiger partial charge in [-0.25, -0.2) is 0 Å². The number of nitrogens with zero attached hydrogens (tertiary/aromatic N) is 1. The number of carboxylic acid groups (broad SMARTS) is 1. The summed E-state index contributed by atoms with van der Waals surface area (Å²) < 4.78 is 0. The zero-order valence-corrected chi connectivity index (χ0v) is 14.9. The second-order valence-corrected chi connectivity index (χ2v) is 6.56. The molecule has 0 spiro atoms. The number of hydrogen-bond acceptors (Lipinski definition) is 3. The Bertz CT molecular complexity index is 818. The van der Waals surface area contributed by atoms with Gasteiger partial charge in [-0.3, -0.25) is 14.4 Å². The molecular formula is C21H22N2O4. The Labute approximate surface area is 157 Å². The van der Waals surface area contributed by atoms with Crippen molar-refractivity contribution in [3.63, 3.8) is 0 Å². The Morgan fingerprint density at radius 2 is 1.78 bits per heavy atom. The molecule has 1 aliphatic rings. The number of nitrogens with one attached hydrogen (secondary N) is 1. The van der Waals surface area contributed by atoms with Crippen molar-refractivity contribution < 1.29 is 19.5 Å². The van der Waals surface area contributed by atoms with Gasteiger partial charge in [0.05, 0.1) is 6.04 Å². The first kappa shape index (κ1) is 18.6. The molecule has 0 bridgehead atoms. The van der Waals surface area contributed by atoms with Crippen LogP contribution in [-0.2, 0) is 9.59 Å². The first-order valence-corrected chi connectivity index (χ1v) is 9.02. The lowest BCUT2D eigenvalue weighted by molar-refractivity contribution is -0.137. The Hall–Kier alpha value is -3.15. The summed E-state index contributed by atoms with van der Waals surface area (Å²) in [6.07, 6.45) is 1.69. The van der Waals surface area contributed by atoms with E-state index in [9.17, 15) is 14.4 Å². The molecule has 1 saturated heterocycles. The van der Waals surface area contributed by atoms with E-state index in [4.69, 9.17) is 5.11 Å². The van der Waals surface area contributed by atoms with Gasteiger partial charge in [-0.15, -0.1) is 0 Å². The van der Waals surface area contributed by atoms with Crippen LogP contribution in [0, 0.1) is 0 Å². The van der Waals surface area contributed by atoms with Crippen LogP contribution in [0.15, 0.2) is 54.6 Å². The normalized spacial score (nSPS) is 14.8. The molecule has 6 heteroatoms. The maximum atomic E-state index is 12.6. The van der Waals surface area contributed by atoms with Crippen LogP contribution in [-0.4, -0.2) is 29.4 Å².